The van der Waals surface area contributed by atoms with Gasteiger partial charge in [-0.2, -0.15) is 0 Å². The molecule has 0 bridgehead atoms. The molecule has 0 radical (unpaired) electrons. The van der Waals surface area contributed by atoms with Gasteiger partial charge in [0.15, 0.2) is 0 Å². The van der Waals surface area contributed by atoms with Crippen LogP contribution in [0, 0.1) is 12.7 Å². The molecule has 5 nitrogen and oxygen atoms in total. The molecule has 0 aliphatic carbocycles. The van der Waals surface area contributed by atoms with Gasteiger partial charge in [-0.3, -0.25) is 0 Å². The van der Waals surface area contributed by atoms with Crippen molar-refractivity contribution in [3.63, 3.8) is 0 Å². The normalized spacial score (nSPS) is 10.3. The van der Waals surface area contributed by atoms with E-state index in [0.29, 0.717) is 17.1 Å². The van der Waals surface area contributed by atoms with E-state index in [1.54, 1.807) is 6.92 Å². The zero-order valence-corrected chi connectivity index (χ0v) is 10.7. The number of hydrogen-bond acceptors (Lipinski definition) is 5. The Kier molecular flexibility index (Phi) is 3.50. The molecule has 2 rings (SSSR count). The van der Waals surface area contributed by atoms with Crippen LogP contribution in [0.15, 0.2) is 22.7 Å². The smallest absolute Gasteiger partial charge is 0.343 e. The number of hydrogen-bond donors (Lipinski definition) is 0. The van der Waals surface area contributed by atoms with Crippen molar-refractivity contribution in [2.75, 3.05) is 14.2 Å². The van der Waals surface area contributed by atoms with Gasteiger partial charge < -0.3 is 14.0 Å². The second-order valence-corrected chi connectivity index (χ2v) is 3.80. The van der Waals surface area contributed by atoms with Gasteiger partial charge in [-0.05, 0) is 25.1 Å². The largest absolute Gasteiger partial charge is 0.496 e. The van der Waals surface area contributed by atoms with Crippen molar-refractivity contribution >= 4 is 5.97 Å². The fraction of sp³-hybridized carbons (Fsp3) is 0.231. The summed E-state index contributed by atoms with van der Waals surface area (Å²) in [5.41, 5.74) is 0.687. The fourth-order valence-corrected chi connectivity index (χ4v) is 1.76. The summed E-state index contributed by atoms with van der Waals surface area (Å²) in [6, 6.07) is 3.94. The fourth-order valence-electron chi connectivity index (χ4n) is 1.76. The van der Waals surface area contributed by atoms with Gasteiger partial charge in [0.2, 0.25) is 0 Å². The molecule has 19 heavy (non-hydrogen) atoms. The third-order valence-electron chi connectivity index (χ3n) is 2.67. The molecule has 0 saturated carbocycles. The monoisotopic (exact) mass is 265 g/mol. The lowest BCUT2D eigenvalue weighted by atomic mass is 10.1. The lowest BCUT2D eigenvalue weighted by Crippen LogP contribution is -2.04. The second kappa shape index (κ2) is 5.09. The molecule has 0 saturated heterocycles. The van der Waals surface area contributed by atoms with Crippen molar-refractivity contribution in [3.05, 3.63) is 35.3 Å². The average molecular weight is 265 g/mol. The van der Waals surface area contributed by atoms with Gasteiger partial charge in [0.05, 0.1) is 14.2 Å². The van der Waals surface area contributed by atoms with Crippen LogP contribution in [0.3, 0.4) is 0 Å². The molecule has 0 amide bonds. The van der Waals surface area contributed by atoms with Crippen molar-refractivity contribution in [2.24, 2.45) is 0 Å². The summed E-state index contributed by atoms with van der Waals surface area (Å²) >= 11 is 0. The third-order valence-corrected chi connectivity index (χ3v) is 2.67. The molecule has 2 aromatic rings. The maximum Gasteiger partial charge on any atom is 0.343 e. The molecule has 1 heterocycles. The van der Waals surface area contributed by atoms with Crippen molar-refractivity contribution in [1.29, 1.82) is 0 Å². The van der Waals surface area contributed by atoms with E-state index in [1.165, 1.54) is 32.4 Å². The Morgan fingerprint density at radius 3 is 2.74 bits per heavy atom. The highest BCUT2D eigenvalue weighted by Crippen LogP contribution is 2.33. The Labute approximate surface area is 108 Å². The minimum atomic E-state index is -0.597. The topological polar surface area (TPSA) is 61.6 Å². The van der Waals surface area contributed by atoms with Gasteiger partial charge in [0.1, 0.15) is 28.6 Å². The molecule has 0 aliphatic rings. The van der Waals surface area contributed by atoms with Gasteiger partial charge in [0, 0.05) is 5.56 Å². The molecule has 1 aromatic carbocycles. The minimum absolute atomic E-state index is 0.159. The van der Waals surface area contributed by atoms with Crippen LogP contribution in [-0.2, 0) is 4.74 Å². The van der Waals surface area contributed by atoms with Crippen LogP contribution >= 0.6 is 0 Å². The number of rotatable bonds is 3. The predicted octanol–water partition coefficient (Wildman–Crippen LogP) is 2.58. The Balaban J connectivity index is 2.65. The van der Waals surface area contributed by atoms with E-state index >= 15 is 0 Å². The van der Waals surface area contributed by atoms with Gasteiger partial charge in [-0.1, -0.05) is 5.16 Å². The van der Waals surface area contributed by atoms with Gasteiger partial charge in [0.25, 0.3) is 0 Å². The molecule has 100 valence electrons. The number of esters is 1. The van der Waals surface area contributed by atoms with E-state index in [4.69, 9.17) is 9.26 Å². The number of methoxy groups -OCH3 is 2. The Bertz CT molecular complexity index is 621. The van der Waals surface area contributed by atoms with E-state index in [9.17, 15) is 9.18 Å². The summed E-state index contributed by atoms with van der Waals surface area (Å²) in [6.45, 7) is 1.58. The number of aryl methyl sites for hydroxylation is 1. The summed E-state index contributed by atoms with van der Waals surface area (Å²) in [6.07, 6.45) is 0. The van der Waals surface area contributed by atoms with Crippen LogP contribution in [-0.4, -0.2) is 25.3 Å². The van der Waals surface area contributed by atoms with Crippen molar-refractivity contribution in [3.8, 4) is 17.0 Å². The highest BCUT2D eigenvalue weighted by molar-refractivity contribution is 5.97. The van der Waals surface area contributed by atoms with Crippen LogP contribution < -0.4 is 4.74 Å². The first-order valence-electron chi connectivity index (χ1n) is 5.47. The quantitative estimate of drug-likeness (QED) is 0.798. The Morgan fingerprint density at radius 1 is 1.37 bits per heavy atom. The van der Waals surface area contributed by atoms with E-state index in [1.807, 2.05) is 0 Å². The zero-order valence-electron chi connectivity index (χ0n) is 10.7. The van der Waals surface area contributed by atoms with E-state index in [-0.39, 0.29) is 11.3 Å². The van der Waals surface area contributed by atoms with Crippen molar-refractivity contribution < 1.29 is 23.2 Å². The zero-order chi connectivity index (χ0) is 14.0. The van der Waals surface area contributed by atoms with Crippen LogP contribution in [0.25, 0.3) is 11.3 Å². The molecule has 0 aliphatic heterocycles. The first kappa shape index (κ1) is 13.1. The summed E-state index contributed by atoms with van der Waals surface area (Å²) in [5, 5.41) is 3.78. The maximum atomic E-state index is 13.4. The number of benzene rings is 1. The van der Waals surface area contributed by atoms with Crippen LogP contribution in [0.4, 0.5) is 4.39 Å². The predicted molar refractivity (Wildman–Crippen MR) is 64.5 cm³/mol. The van der Waals surface area contributed by atoms with Gasteiger partial charge in [-0.25, -0.2) is 9.18 Å². The van der Waals surface area contributed by atoms with Crippen molar-refractivity contribution in [1.82, 2.24) is 5.16 Å². The molecule has 6 heteroatoms. The summed E-state index contributed by atoms with van der Waals surface area (Å²) in [4.78, 5) is 11.7. The van der Waals surface area contributed by atoms with Gasteiger partial charge >= 0.3 is 5.97 Å². The van der Waals surface area contributed by atoms with E-state index in [2.05, 4.69) is 9.89 Å². The molecular weight excluding hydrogens is 253 g/mol. The molecule has 0 spiro atoms. The summed E-state index contributed by atoms with van der Waals surface area (Å²) in [7, 11) is 2.70. The standard InChI is InChI=1S/C13H12FNO4/c1-7-11(13(16)18-3)12(15-19-7)9-6-8(14)4-5-10(9)17-2/h4-6H,1-3H3. The van der Waals surface area contributed by atoms with E-state index in [0.717, 1.165) is 0 Å². The first-order chi connectivity index (χ1) is 9.08. The van der Waals surface area contributed by atoms with Crippen LogP contribution in [0.2, 0.25) is 0 Å². The number of halogens is 1. The average Bonchev–Trinajstić information content (AvgIpc) is 2.79. The number of ether oxygens (including phenoxy) is 2. The highest BCUT2D eigenvalue weighted by atomic mass is 19.1. The molecule has 0 fully saturated rings. The summed E-state index contributed by atoms with van der Waals surface area (Å²) in [5.74, 6) is -0.375. The third kappa shape index (κ3) is 2.29. The Morgan fingerprint density at radius 2 is 2.11 bits per heavy atom. The minimum Gasteiger partial charge on any atom is -0.496 e. The summed E-state index contributed by atoms with van der Waals surface area (Å²) < 4.78 is 28.1. The van der Waals surface area contributed by atoms with Crippen LogP contribution in [0.5, 0.6) is 5.75 Å². The molecule has 0 N–H and O–H groups in total. The highest BCUT2D eigenvalue weighted by Gasteiger charge is 2.24. The molecule has 1 aromatic heterocycles. The number of carbonyl (C=O) groups is 1. The van der Waals surface area contributed by atoms with Crippen LogP contribution in [0.1, 0.15) is 16.1 Å². The molecule has 0 atom stereocenters. The molecular formula is C13H12FNO4. The van der Waals surface area contributed by atoms with Crippen molar-refractivity contribution in [2.45, 2.75) is 6.92 Å². The first-order valence-corrected chi connectivity index (χ1v) is 5.47. The second-order valence-electron chi connectivity index (χ2n) is 3.80. The lowest BCUT2D eigenvalue weighted by molar-refractivity contribution is 0.0599. The SMILES string of the molecule is COC(=O)c1c(-c2cc(F)ccc2OC)noc1C. The number of aromatic nitrogens is 1. The van der Waals surface area contributed by atoms with E-state index < -0.39 is 11.8 Å². The van der Waals surface area contributed by atoms with Gasteiger partial charge in [-0.15, -0.1) is 0 Å². The number of nitrogens with zero attached hydrogens (tertiary/aromatic N) is 1. The molecule has 0 unspecified atom stereocenters. The Hall–Kier alpha value is -2.37. The maximum absolute atomic E-state index is 13.4. The number of carbonyl (C=O) groups excluding carboxylic acids is 1. The lowest BCUT2D eigenvalue weighted by Gasteiger charge is -2.07.